The van der Waals surface area contributed by atoms with Crippen LogP contribution in [-0.2, 0) is 4.79 Å². The van der Waals surface area contributed by atoms with Crippen molar-refractivity contribution in [2.75, 3.05) is 13.6 Å². The Morgan fingerprint density at radius 3 is 2.60 bits per heavy atom. The molecule has 1 atom stereocenters. The van der Waals surface area contributed by atoms with Crippen molar-refractivity contribution in [3.05, 3.63) is 29.3 Å². The summed E-state index contributed by atoms with van der Waals surface area (Å²) in [5.74, 6) is 1.00. The molecule has 1 saturated heterocycles. The van der Waals surface area contributed by atoms with Gasteiger partial charge in [0.15, 0.2) is 11.0 Å². The van der Waals surface area contributed by atoms with E-state index in [9.17, 15) is 4.79 Å². The normalized spacial score (nSPS) is 21.4. The van der Waals surface area contributed by atoms with E-state index in [-0.39, 0.29) is 11.2 Å². The number of likely N-dealkylation sites (tertiary alicyclic amines) is 1. The van der Waals surface area contributed by atoms with E-state index in [0.29, 0.717) is 11.1 Å². The van der Waals surface area contributed by atoms with E-state index >= 15 is 0 Å². The highest BCUT2D eigenvalue weighted by molar-refractivity contribution is 8.00. The van der Waals surface area contributed by atoms with Crippen LogP contribution < -0.4 is 0 Å². The average molecular weight is 377 g/mol. The maximum atomic E-state index is 12.3. The minimum absolute atomic E-state index is 0.0616. The van der Waals surface area contributed by atoms with Crippen molar-refractivity contribution in [1.29, 1.82) is 0 Å². The van der Waals surface area contributed by atoms with E-state index in [1.54, 1.807) is 16.7 Å². The van der Waals surface area contributed by atoms with Gasteiger partial charge < -0.3 is 4.90 Å². The lowest BCUT2D eigenvalue weighted by molar-refractivity contribution is -0.126. The molecule has 2 aromatic rings. The first-order valence-corrected chi connectivity index (χ1v) is 10.0. The maximum absolute atomic E-state index is 12.3. The van der Waals surface area contributed by atoms with Crippen LogP contribution in [0.1, 0.15) is 38.1 Å². The summed E-state index contributed by atoms with van der Waals surface area (Å²) >= 11 is 7.96. The number of carbonyl (C=O) groups excluding carboxylic acids is 1. The van der Waals surface area contributed by atoms with Crippen LogP contribution in [-0.4, -0.2) is 44.4 Å². The van der Waals surface area contributed by atoms with Gasteiger partial charge in [-0.2, -0.15) is 0 Å². The fourth-order valence-electron chi connectivity index (χ4n) is 3.70. The van der Waals surface area contributed by atoms with E-state index in [4.69, 9.17) is 11.6 Å². The zero-order valence-corrected chi connectivity index (χ0v) is 15.8. The molecule has 1 aromatic carbocycles. The highest BCUT2D eigenvalue weighted by Gasteiger charge is 2.33. The van der Waals surface area contributed by atoms with Gasteiger partial charge in [-0.1, -0.05) is 48.3 Å². The van der Waals surface area contributed by atoms with Crippen LogP contribution in [0.15, 0.2) is 29.4 Å². The summed E-state index contributed by atoms with van der Waals surface area (Å²) in [6.07, 6.45) is 5.56. The second kappa shape index (κ2) is 7.00. The number of hydrogen-bond acceptors (Lipinski definition) is 4. The second-order valence-corrected chi connectivity index (χ2v) is 8.33. The molecule has 0 bridgehead atoms. The minimum atomic E-state index is -0.0616. The third-order valence-corrected chi connectivity index (χ3v) is 6.64. The Kier molecular flexibility index (Phi) is 4.73. The van der Waals surface area contributed by atoms with Gasteiger partial charge in [0, 0.05) is 25.2 Å². The molecular formula is C18H21ClN4OS. The molecule has 25 heavy (non-hydrogen) atoms. The largest absolute Gasteiger partial charge is 0.345 e. The predicted octanol–water partition coefficient (Wildman–Crippen LogP) is 4.04. The molecule has 132 valence electrons. The lowest BCUT2D eigenvalue weighted by atomic mass is 10.2. The summed E-state index contributed by atoms with van der Waals surface area (Å²) < 4.78 is 2.23. The van der Waals surface area contributed by atoms with Crippen LogP contribution in [0.25, 0.3) is 11.4 Å². The monoisotopic (exact) mass is 376 g/mol. The molecule has 7 heteroatoms. The Balaban J connectivity index is 1.72. The van der Waals surface area contributed by atoms with Crippen LogP contribution >= 0.6 is 23.4 Å². The number of rotatable bonds is 4. The topological polar surface area (TPSA) is 51.0 Å². The molecule has 1 saturated carbocycles. The predicted molar refractivity (Wildman–Crippen MR) is 99.9 cm³/mol. The van der Waals surface area contributed by atoms with Gasteiger partial charge >= 0.3 is 0 Å². The molecule has 0 N–H and O–H groups in total. The molecule has 4 rings (SSSR count). The van der Waals surface area contributed by atoms with E-state index in [1.165, 1.54) is 12.8 Å². The first-order chi connectivity index (χ1) is 12.1. The Morgan fingerprint density at radius 2 is 1.92 bits per heavy atom. The quantitative estimate of drug-likeness (QED) is 0.808. The van der Waals surface area contributed by atoms with Gasteiger partial charge in [0.1, 0.15) is 0 Å². The Labute approximate surface area is 156 Å². The molecule has 1 aliphatic heterocycles. The summed E-state index contributed by atoms with van der Waals surface area (Å²) in [4.78, 5) is 14.1. The molecule has 1 aliphatic carbocycles. The fraction of sp³-hybridized carbons (Fsp3) is 0.500. The summed E-state index contributed by atoms with van der Waals surface area (Å²) in [5, 5.41) is 10.4. The minimum Gasteiger partial charge on any atom is -0.345 e. The first kappa shape index (κ1) is 16.9. The van der Waals surface area contributed by atoms with Gasteiger partial charge in [0.05, 0.1) is 10.3 Å². The van der Waals surface area contributed by atoms with E-state index in [0.717, 1.165) is 42.4 Å². The molecule has 1 aromatic heterocycles. The van der Waals surface area contributed by atoms with Gasteiger partial charge in [-0.25, -0.2) is 0 Å². The Morgan fingerprint density at radius 1 is 1.16 bits per heavy atom. The SMILES string of the molecule is CN1CCC(Sc2nnc(-c3ccccc3Cl)n2C2CCCC2)C1=O. The number of amides is 1. The third-order valence-electron chi connectivity index (χ3n) is 5.10. The number of nitrogens with zero attached hydrogens (tertiary/aromatic N) is 4. The standard InChI is InChI=1S/C18H21ClN4OS/c1-22-11-10-15(17(22)24)25-18-21-20-16(13-8-4-5-9-14(13)19)23(18)12-6-2-3-7-12/h4-5,8-9,12,15H,2-3,6-7,10-11H2,1H3. The van der Waals surface area contributed by atoms with E-state index in [2.05, 4.69) is 14.8 Å². The van der Waals surface area contributed by atoms with Crippen molar-refractivity contribution >= 4 is 29.3 Å². The average Bonchev–Trinajstić information content (AvgIpc) is 3.33. The van der Waals surface area contributed by atoms with Crippen molar-refractivity contribution in [1.82, 2.24) is 19.7 Å². The summed E-state index contributed by atoms with van der Waals surface area (Å²) in [5.41, 5.74) is 0.908. The number of aromatic nitrogens is 3. The summed E-state index contributed by atoms with van der Waals surface area (Å²) in [7, 11) is 1.86. The van der Waals surface area contributed by atoms with E-state index in [1.807, 2.05) is 31.3 Å². The van der Waals surface area contributed by atoms with Gasteiger partial charge in [0.2, 0.25) is 5.91 Å². The van der Waals surface area contributed by atoms with Gasteiger partial charge in [-0.15, -0.1) is 10.2 Å². The molecule has 2 aliphatic rings. The molecular weight excluding hydrogens is 356 g/mol. The molecule has 0 radical (unpaired) electrons. The van der Waals surface area contributed by atoms with Gasteiger partial charge in [0.25, 0.3) is 0 Å². The second-order valence-electron chi connectivity index (χ2n) is 6.75. The highest BCUT2D eigenvalue weighted by atomic mass is 35.5. The van der Waals surface area contributed by atoms with Gasteiger partial charge in [-0.05, 0) is 31.4 Å². The summed E-state index contributed by atoms with van der Waals surface area (Å²) in [6, 6.07) is 8.15. The fourth-order valence-corrected chi connectivity index (χ4v) is 5.12. The molecule has 2 heterocycles. The number of thioether (sulfide) groups is 1. The third kappa shape index (κ3) is 3.17. The Bertz CT molecular complexity index is 787. The smallest absolute Gasteiger partial charge is 0.235 e. The zero-order chi connectivity index (χ0) is 17.4. The summed E-state index contributed by atoms with van der Waals surface area (Å²) in [6.45, 7) is 0.811. The van der Waals surface area contributed by atoms with Crippen molar-refractivity contribution < 1.29 is 4.79 Å². The van der Waals surface area contributed by atoms with Crippen molar-refractivity contribution in [2.24, 2.45) is 0 Å². The first-order valence-electron chi connectivity index (χ1n) is 8.76. The number of halogens is 1. The Hall–Kier alpha value is -1.53. The molecule has 1 amide bonds. The number of hydrogen-bond donors (Lipinski definition) is 0. The zero-order valence-electron chi connectivity index (χ0n) is 14.2. The van der Waals surface area contributed by atoms with Crippen LogP contribution in [0.4, 0.5) is 0 Å². The highest BCUT2D eigenvalue weighted by Crippen LogP contribution is 2.40. The van der Waals surface area contributed by atoms with Crippen LogP contribution in [0.2, 0.25) is 5.02 Å². The van der Waals surface area contributed by atoms with Crippen LogP contribution in [0, 0.1) is 0 Å². The molecule has 1 unspecified atom stereocenters. The van der Waals surface area contributed by atoms with E-state index < -0.39 is 0 Å². The lowest BCUT2D eigenvalue weighted by Gasteiger charge is -2.18. The number of benzene rings is 1. The molecule has 0 spiro atoms. The molecule has 2 fully saturated rings. The van der Waals surface area contributed by atoms with Crippen molar-refractivity contribution in [3.63, 3.8) is 0 Å². The van der Waals surface area contributed by atoms with Crippen LogP contribution in [0.5, 0.6) is 0 Å². The maximum Gasteiger partial charge on any atom is 0.235 e. The number of carbonyl (C=O) groups is 1. The van der Waals surface area contributed by atoms with Crippen molar-refractivity contribution in [3.8, 4) is 11.4 Å². The van der Waals surface area contributed by atoms with Crippen molar-refractivity contribution in [2.45, 2.75) is 48.6 Å². The van der Waals surface area contributed by atoms with Crippen LogP contribution in [0.3, 0.4) is 0 Å². The molecule has 5 nitrogen and oxygen atoms in total. The van der Waals surface area contributed by atoms with Gasteiger partial charge in [-0.3, -0.25) is 9.36 Å². The lowest BCUT2D eigenvalue weighted by Crippen LogP contribution is -2.24.